The highest BCUT2D eigenvalue weighted by Crippen LogP contribution is 2.35. The maximum absolute atomic E-state index is 13.8. The molecule has 35 heavy (non-hydrogen) atoms. The van der Waals surface area contributed by atoms with Gasteiger partial charge in [0, 0.05) is 12.2 Å². The van der Waals surface area contributed by atoms with Gasteiger partial charge in [0.1, 0.15) is 22.7 Å². The standard InChI is InChI=1S/C27H26N4O3S/c1-18-6-8-19(9-7-18)16-28-26(33)27(2)17-30-23(15-22(29-30)24-5-4-14-35-24)25(32)31(27)20-10-12-21(34-3)13-11-20/h4-15H,16-17H2,1-3H3,(H,28,33)/t27-/m0/s1. The molecule has 2 amide bonds. The lowest BCUT2D eigenvalue weighted by Crippen LogP contribution is -2.64. The second-order valence-corrected chi connectivity index (χ2v) is 9.78. The summed E-state index contributed by atoms with van der Waals surface area (Å²) in [5, 5.41) is 9.70. The molecule has 1 aliphatic rings. The Balaban J connectivity index is 1.52. The lowest BCUT2D eigenvalue weighted by Gasteiger charge is -2.43. The van der Waals surface area contributed by atoms with Crippen LogP contribution in [0, 0.1) is 6.92 Å². The van der Waals surface area contributed by atoms with Gasteiger partial charge < -0.3 is 10.1 Å². The van der Waals surface area contributed by atoms with E-state index in [1.165, 1.54) is 0 Å². The fraction of sp³-hybridized carbons (Fsp3) is 0.222. The molecular formula is C27H26N4O3S. The number of nitrogens with zero attached hydrogens (tertiary/aromatic N) is 3. The van der Waals surface area contributed by atoms with Crippen LogP contribution in [0.15, 0.2) is 72.1 Å². The van der Waals surface area contributed by atoms with Gasteiger partial charge >= 0.3 is 0 Å². The van der Waals surface area contributed by atoms with E-state index in [1.54, 1.807) is 65.3 Å². The van der Waals surface area contributed by atoms with Crippen LogP contribution in [0.5, 0.6) is 5.75 Å². The van der Waals surface area contributed by atoms with Crippen LogP contribution in [0.25, 0.3) is 10.6 Å². The van der Waals surface area contributed by atoms with Crippen LogP contribution in [0.3, 0.4) is 0 Å². The zero-order valence-corrected chi connectivity index (χ0v) is 20.6. The van der Waals surface area contributed by atoms with Crippen LogP contribution in [0.4, 0.5) is 5.69 Å². The first-order valence-electron chi connectivity index (χ1n) is 11.3. The summed E-state index contributed by atoms with van der Waals surface area (Å²) in [6.07, 6.45) is 0. The average molecular weight is 487 g/mol. The average Bonchev–Trinajstić information content (AvgIpc) is 3.54. The second-order valence-electron chi connectivity index (χ2n) is 8.83. The summed E-state index contributed by atoms with van der Waals surface area (Å²) in [6, 6.07) is 20.9. The number of rotatable bonds is 6. The first-order valence-corrected chi connectivity index (χ1v) is 12.2. The van der Waals surface area contributed by atoms with Crippen molar-refractivity contribution < 1.29 is 14.3 Å². The molecule has 0 aliphatic carbocycles. The van der Waals surface area contributed by atoms with E-state index >= 15 is 0 Å². The number of aryl methyl sites for hydroxylation is 1. The largest absolute Gasteiger partial charge is 0.497 e. The molecule has 1 N–H and O–H groups in total. The number of carbonyl (C=O) groups excluding carboxylic acids is 2. The van der Waals surface area contributed by atoms with Crippen molar-refractivity contribution in [1.29, 1.82) is 0 Å². The topological polar surface area (TPSA) is 76.5 Å². The van der Waals surface area contributed by atoms with Crippen molar-refractivity contribution in [3.63, 3.8) is 0 Å². The number of aromatic nitrogens is 2. The summed E-state index contributed by atoms with van der Waals surface area (Å²) in [7, 11) is 1.59. The van der Waals surface area contributed by atoms with Crippen molar-refractivity contribution in [3.05, 3.63) is 88.9 Å². The monoisotopic (exact) mass is 486 g/mol. The summed E-state index contributed by atoms with van der Waals surface area (Å²) < 4.78 is 6.94. The van der Waals surface area contributed by atoms with Crippen LogP contribution in [0.1, 0.15) is 28.5 Å². The van der Waals surface area contributed by atoms with Gasteiger partial charge in [0.2, 0.25) is 5.91 Å². The van der Waals surface area contributed by atoms with Gasteiger partial charge in [-0.1, -0.05) is 35.9 Å². The zero-order valence-electron chi connectivity index (χ0n) is 19.8. The molecule has 0 fully saturated rings. The molecule has 1 atom stereocenters. The van der Waals surface area contributed by atoms with Gasteiger partial charge in [0.25, 0.3) is 5.91 Å². The molecule has 2 aromatic carbocycles. The molecule has 4 aromatic rings. The van der Waals surface area contributed by atoms with E-state index in [2.05, 4.69) is 10.4 Å². The summed E-state index contributed by atoms with van der Waals surface area (Å²) in [4.78, 5) is 30.1. The van der Waals surface area contributed by atoms with E-state index < -0.39 is 5.54 Å². The molecule has 8 heteroatoms. The van der Waals surface area contributed by atoms with Crippen molar-refractivity contribution in [2.75, 3.05) is 12.0 Å². The fourth-order valence-corrected chi connectivity index (χ4v) is 5.02. The molecule has 0 bridgehead atoms. The highest BCUT2D eigenvalue weighted by Gasteiger charge is 2.48. The van der Waals surface area contributed by atoms with E-state index in [4.69, 9.17) is 4.74 Å². The third-order valence-corrected chi connectivity index (χ3v) is 7.21. The second kappa shape index (κ2) is 9.03. The molecule has 0 spiro atoms. The van der Waals surface area contributed by atoms with Crippen LogP contribution in [-0.4, -0.2) is 34.2 Å². The van der Waals surface area contributed by atoms with Gasteiger partial charge in [0.15, 0.2) is 0 Å². The first-order chi connectivity index (χ1) is 16.9. The van der Waals surface area contributed by atoms with E-state index in [0.717, 1.165) is 21.7 Å². The molecule has 7 nitrogen and oxygen atoms in total. The fourth-order valence-electron chi connectivity index (χ4n) is 4.34. The van der Waals surface area contributed by atoms with Crippen molar-refractivity contribution >= 4 is 28.8 Å². The van der Waals surface area contributed by atoms with Gasteiger partial charge in [-0.15, -0.1) is 11.3 Å². The zero-order chi connectivity index (χ0) is 24.6. The van der Waals surface area contributed by atoms with Gasteiger partial charge in [0.05, 0.1) is 18.5 Å². The predicted molar refractivity (Wildman–Crippen MR) is 137 cm³/mol. The quantitative estimate of drug-likeness (QED) is 0.430. The number of ether oxygens (including phenoxy) is 1. The number of nitrogens with one attached hydrogen (secondary N) is 1. The van der Waals surface area contributed by atoms with Crippen LogP contribution in [0.2, 0.25) is 0 Å². The number of thiophene rings is 1. The number of anilines is 1. The predicted octanol–water partition coefficient (Wildman–Crippen LogP) is 4.66. The summed E-state index contributed by atoms with van der Waals surface area (Å²) in [5.41, 5.74) is 2.75. The number of methoxy groups -OCH3 is 1. The highest BCUT2D eigenvalue weighted by atomic mass is 32.1. The highest BCUT2D eigenvalue weighted by molar-refractivity contribution is 7.13. The molecule has 5 rings (SSSR count). The van der Waals surface area contributed by atoms with E-state index in [-0.39, 0.29) is 18.4 Å². The Hall–Kier alpha value is -3.91. The van der Waals surface area contributed by atoms with Gasteiger partial charge in [-0.3, -0.25) is 19.2 Å². The van der Waals surface area contributed by atoms with E-state index in [9.17, 15) is 9.59 Å². The number of hydrogen-bond acceptors (Lipinski definition) is 5. The first kappa shape index (κ1) is 22.9. The summed E-state index contributed by atoms with van der Waals surface area (Å²) in [6.45, 7) is 4.40. The van der Waals surface area contributed by atoms with Crippen molar-refractivity contribution in [3.8, 4) is 16.3 Å². The molecular weight excluding hydrogens is 460 g/mol. The van der Waals surface area contributed by atoms with E-state index in [1.807, 2.05) is 48.7 Å². The summed E-state index contributed by atoms with van der Waals surface area (Å²) >= 11 is 1.56. The van der Waals surface area contributed by atoms with Gasteiger partial charge in [-0.25, -0.2) is 0 Å². The van der Waals surface area contributed by atoms with Crippen LogP contribution >= 0.6 is 11.3 Å². The normalized spacial score (nSPS) is 17.2. The molecule has 0 saturated heterocycles. The van der Waals surface area contributed by atoms with Crippen molar-refractivity contribution in [1.82, 2.24) is 15.1 Å². The Morgan fingerprint density at radius 1 is 1.14 bits per heavy atom. The minimum absolute atomic E-state index is 0.227. The minimum Gasteiger partial charge on any atom is -0.497 e. The third-order valence-electron chi connectivity index (χ3n) is 6.32. The lowest BCUT2D eigenvalue weighted by molar-refractivity contribution is -0.126. The maximum Gasteiger partial charge on any atom is 0.277 e. The molecule has 178 valence electrons. The Morgan fingerprint density at radius 3 is 2.54 bits per heavy atom. The van der Waals surface area contributed by atoms with E-state index in [0.29, 0.717) is 23.7 Å². The Morgan fingerprint density at radius 2 is 1.89 bits per heavy atom. The van der Waals surface area contributed by atoms with Gasteiger partial charge in [-0.2, -0.15) is 5.10 Å². The number of hydrogen-bond donors (Lipinski definition) is 1. The molecule has 1 aliphatic heterocycles. The number of fused-ring (bicyclic) bond motifs is 1. The molecule has 0 saturated carbocycles. The van der Waals surface area contributed by atoms with Crippen LogP contribution < -0.4 is 15.0 Å². The Bertz CT molecular complexity index is 1360. The summed E-state index contributed by atoms with van der Waals surface area (Å²) in [5.74, 6) is 0.152. The van der Waals surface area contributed by atoms with Crippen molar-refractivity contribution in [2.24, 2.45) is 0 Å². The molecule has 3 heterocycles. The number of benzene rings is 2. The van der Waals surface area contributed by atoms with Gasteiger partial charge in [-0.05, 0) is 61.2 Å². The van der Waals surface area contributed by atoms with Crippen LogP contribution in [-0.2, 0) is 17.9 Å². The van der Waals surface area contributed by atoms with Crippen molar-refractivity contribution in [2.45, 2.75) is 32.5 Å². The minimum atomic E-state index is -1.19. The third kappa shape index (κ3) is 4.21. The lowest BCUT2D eigenvalue weighted by atomic mass is 9.93. The Kier molecular flexibility index (Phi) is 5.90. The number of amides is 2. The Labute approximate surface area is 208 Å². The molecule has 0 radical (unpaired) electrons. The SMILES string of the molecule is COc1ccc(N2C(=O)c3cc(-c4cccs4)nn3C[C@@]2(C)C(=O)NCc2ccc(C)cc2)cc1. The molecule has 0 unspecified atom stereocenters. The smallest absolute Gasteiger partial charge is 0.277 e. The molecule has 2 aromatic heterocycles. The maximum atomic E-state index is 13.8. The number of carbonyl (C=O) groups is 2.